The number of hydrogen-bond donors (Lipinski definition) is 1. The third-order valence-corrected chi connectivity index (χ3v) is 3.78. The first-order chi connectivity index (χ1) is 9.02. The Balaban J connectivity index is 2.38. The molecule has 2 aromatic rings. The molecule has 100 valence electrons. The second-order valence-corrected chi connectivity index (χ2v) is 5.12. The Morgan fingerprint density at radius 3 is 2.37 bits per heavy atom. The molecule has 0 bridgehead atoms. The van der Waals surface area contributed by atoms with Gasteiger partial charge in [0.15, 0.2) is 0 Å². The Morgan fingerprint density at radius 2 is 1.79 bits per heavy atom. The maximum atomic E-state index is 6.34. The summed E-state index contributed by atoms with van der Waals surface area (Å²) in [6, 6.07) is 11.7. The standard InChI is InChI=1S/C16H18ClNO/c1-10-9-13(19-3)5-6-14(10)16(18)12-4-7-15(17)11(2)8-12/h4-9,16H,18H2,1-3H3. The predicted molar refractivity (Wildman–Crippen MR) is 80.0 cm³/mol. The minimum atomic E-state index is -0.151. The summed E-state index contributed by atoms with van der Waals surface area (Å²) >= 11 is 6.04. The number of methoxy groups -OCH3 is 1. The zero-order valence-electron chi connectivity index (χ0n) is 11.4. The van der Waals surface area contributed by atoms with E-state index in [1.807, 2.05) is 50.2 Å². The molecule has 19 heavy (non-hydrogen) atoms. The molecule has 0 fully saturated rings. The first-order valence-corrected chi connectivity index (χ1v) is 6.57. The van der Waals surface area contributed by atoms with E-state index in [0.29, 0.717) is 0 Å². The van der Waals surface area contributed by atoms with Crippen LogP contribution in [-0.2, 0) is 0 Å². The van der Waals surface area contributed by atoms with Crippen molar-refractivity contribution in [2.24, 2.45) is 5.73 Å². The van der Waals surface area contributed by atoms with Crippen molar-refractivity contribution in [1.82, 2.24) is 0 Å². The molecule has 0 aliphatic carbocycles. The van der Waals surface area contributed by atoms with Crippen LogP contribution in [0.2, 0.25) is 5.02 Å². The van der Waals surface area contributed by atoms with Gasteiger partial charge in [-0.1, -0.05) is 29.8 Å². The quantitative estimate of drug-likeness (QED) is 0.918. The molecule has 0 saturated heterocycles. The van der Waals surface area contributed by atoms with Crippen molar-refractivity contribution >= 4 is 11.6 Å². The maximum absolute atomic E-state index is 6.34. The van der Waals surface area contributed by atoms with E-state index in [0.717, 1.165) is 33.0 Å². The highest BCUT2D eigenvalue weighted by Gasteiger charge is 2.12. The molecule has 3 heteroatoms. The zero-order chi connectivity index (χ0) is 14.0. The maximum Gasteiger partial charge on any atom is 0.119 e. The molecular weight excluding hydrogens is 258 g/mol. The second-order valence-electron chi connectivity index (χ2n) is 4.71. The average molecular weight is 276 g/mol. The Hall–Kier alpha value is -1.51. The van der Waals surface area contributed by atoms with Crippen LogP contribution in [0.3, 0.4) is 0 Å². The first kappa shape index (κ1) is 13.9. The van der Waals surface area contributed by atoms with Crippen molar-refractivity contribution in [1.29, 1.82) is 0 Å². The number of hydrogen-bond acceptors (Lipinski definition) is 2. The van der Waals surface area contributed by atoms with Crippen LogP contribution in [0.4, 0.5) is 0 Å². The summed E-state index contributed by atoms with van der Waals surface area (Å²) in [4.78, 5) is 0. The van der Waals surface area contributed by atoms with Gasteiger partial charge in [0.2, 0.25) is 0 Å². The van der Waals surface area contributed by atoms with Gasteiger partial charge in [-0.25, -0.2) is 0 Å². The van der Waals surface area contributed by atoms with Crippen molar-refractivity contribution in [2.75, 3.05) is 7.11 Å². The molecule has 1 unspecified atom stereocenters. The van der Waals surface area contributed by atoms with Crippen molar-refractivity contribution in [3.8, 4) is 5.75 Å². The van der Waals surface area contributed by atoms with Gasteiger partial charge in [0, 0.05) is 5.02 Å². The summed E-state index contributed by atoms with van der Waals surface area (Å²) in [6.45, 7) is 4.03. The summed E-state index contributed by atoms with van der Waals surface area (Å²) in [5.74, 6) is 0.848. The lowest BCUT2D eigenvalue weighted by Crippen LogP contribution is -2.13. The normalized spacial score (nSPS) is 12.3. The van der Waals surface area contributed by atoms with Crippen molar-refractivity contribution in [2.45, 2.75) is 19.9 Å². The molecule has 2 N–H and O–H groups in total. The third kappa shape index (κ3) is 2.91. The smallest absolute Gasteiger partial charge is 0.119 e. The summed E-state index contributed by atoms with van der Waals surface area (Å²) in [6.07, 6.45) is 0. The highest BCUT2D eigenvalue weighted by molar-refractivity contribution is 6.31. The molecule has 0 spiro atoms. The van der Waals surface area contributed by atoms with Gasteiger partial charge >= 0.3 is 0 Å². The molecule has 1 atom stereocenters. The number of benzene rings is 2. The SMILES string of the molecule is COc1ccc(C(N)c2ccc(Cl)c(C)c2)c(C)c1. The van der Waals surface area contributed by atoms with E-state index in [1.165, 1.54) is 0 Å². The van der Waals surface area contributed by atoms with Gasteiger partial charge in [-0.2, -0.15) is 0 Å². The summed E-state index contributed by atoms with van der Waals surface area (Å²) in [5.41, 5.74) is 10.7. The molecule has 0 heterocycles. The van der Waals surface area contributed by atoms with E-state index in [-0.39, 0.29) is 6.04 Å². The first-order valence-electron chi connectivity index (χ1n) is 6.19. The van der Waals surface area contributed by atoms with Gasteiger partial charge in [-0.05, 0) is 54.3 Å². The summed E-state index contributed by atoms with van der Waals surface area (Å²) in [5, 5.41) is 0.766. The second kappa shape index (κ2) is 5.64. The van der Waals surface area contributed by atoms with Gasteiger partial charge in [-0.15, -0.1) is 0 Å². The number of aryl methyl sites for hydroxylation is 2. The fourth-order valence-corrected chi connectivity index (χ4v) is 2.28. The molecule has 0 amide bonds. The van der Waals surface area contributed by atoms with Gasteiger partial charge in [-0.3, -0.25) is 0 Å². The lowest BCUT2D eigenvalue weighted by molar-refractivity contribution is 0.414. The minimum Gasteiger partial charge on any atom is -0.497 e. The highest BCUT2D eigenvalue weighted by Crippen LogP contribution is 2.27. The average Bonchev–Trinajstić information content (AvgIpc) is 2.41. The van der Waals surface area contributed by atoms with E-state index in [4.69, 9.17) is 22.1 Å². The number of halogens is 1. The summed E-state index contributed by atoms with van der Waals surface area (Å²) < 4.78 is 5.21. The molecular formula is C16H18ClNO. The molecule has 2 rings (SSSR count). The van der Waals surface area contributed by atoms with E-state index >= 15 is 0 Å². The number of nitrogens with two attached hydrogens (primary N) is 1. The molecule has 0 aromatic heterocycles. The molecule has 2 aromatic carbocycles. The molecule has 0 saturated carbocycles. The van der Waals surface area contributed by atoms with Crippen LogP contribution in [0.1, 0.15) is 28.3 Å². The fourth-order valence-electron chi connectivity index (χ4n) is 2.17. The van der Waals surface area contributed by atoms with E-state index in [9.17, 15) is 0 Å². The lowest BCUT2D eigenvalue weighted by atomic mass is 9.95. The van der Waals surface area contributed by atoms with Crippen LogP contribution in [0.5, 0.6) is 5.75 Å². The van der Waals surface area contributed by atoms with Crippen LogP contribution < -0.4 is 10.5 Å². The Bertz CT molecular complexity index is 595. The van der Waals surface area contributed by atoms with Crippen molar-refractivity contribution < 1.29 is 4.74 Å². The van der Waals surface area contributed by atoms with E-state index in [1.54, 1.807) is 7.11 Å². The monoisotopic (exact) mass is 275 g/mol. The Labute approximate surface area is 119 Å². The van der Waals surface area contributed by atoms with Crippen LogP contribution >= 0.6 is 11.6 Å². The third-order valence-electron chi connectivity index (χ3n) is 3.35. The lowest BCUT2D eigenvalue weighted by Gasteiger charge is -2.17. The molecule has 0 aliphatic rings. The van der Waals surface area contributed by atoms with Crippen molar-refractivity contribution in [3.63, 3.8) is 0 Å². The molecule has 2 nitrogen and oxygen atoms in total. The van der Waals surface area contributed by atoms with Crippen LogP contribution in [0, 0.1) is 13.8 Å². The Kier molecular flexibility index (Phi) is 4.13. The van der Waals surface area contributed by atoms with Gasteiger partial charge < -0.3 is 10.5 Å². The number of rotatable bonds is 3. The van der Waals surface area contributed by atoms with Crippen molar-refractivity contribution in [3.05, 3.63) is 63.7 Å². The molecule has 0 aliphatic heterocycles. The Morgan fingerprint density at radius 1 is 1.05 bits per heavy atom. The van der Waals surface area contributed by atoms with Gasteiger partial charge in [0.1, 0.15) is 5.75 Å². The van der Waals surface area contributed by atoms with Crippen LogP contribution in [-0.4, -0.2) is 7.11 Å². The zero-order valence-corrected chi connectivity index (χ0v) is 12.2. The van der Waals surface area contributed by atoms with Crippen LogP contribution in [0.15, 0.2) is 36.4 Å². The van der Waals surface area contributed by atoms with E-state index in [2.05, 4.69) is 0 Å². The van der Waals surface area contributed by atoms with Gasteiger partial charge in [0.05, 0.1) is 13.2 Å². The summed E-state index contributed by atoms with van der Waals surface area (Å²) in [7, 11) is 1.66. The molecule has 0 radical (unpaired) electrons. The largest absolute Gasteiger partial charge is 0.497 e. The predicted octanol–water partition coefficient (Wildman–Crippen LogP) is 4.01. The van der Waals surface area contributed by atoms with E-state index < -0.39 is 0 Å². The topological polar surface area (TPSA) is 35.2 Å². The van der Waals surface area contributed by atoms with Crippen LogP contribution in [0.25, 0.3) is 0 Å². The van der Waals surface area contributed by atoms with Gasteiger partial charge in [0.25, 0.3) is 0 Å². The fraction of sp³-hybridized carbons (Fsp3) is 0.250. The minimum absolute atomic E-state index is 0.151. The number of ether oxygens (including phenoxy) is 1. The highest BCUT2D eigenvalue weighted by atomic mass is 35.5.